The van der Waals surface area contributed by atoms with Gasteiger partial charge in [0.15, 0.2) is 11.4 Å². The van der Waals surface area contributed by atoms with Gasteiger partial charge in [0.05, 0.1) is 55.2 Å². The van der Waals surface area contributed by atoms with Gasteiger partial charge in [-0.25, -0.2) is 24.4 Å². The Balaban J connectivity index is 0.000000266. The Kier molecular flexibility index (Phi) is 28.9. The van der Waals surface area contributed by atoms with E-state index in [0.717, 1.165) is 56.5 Å². The van der Waals surface area contributed by atoms with Crippen molar-refractivity contribution >= 4 is 71.0 Å². The van der Waals surface area contributed by atoms with E-state index >= 15 is 0 Å². The number of fused-ring (bicyclic) bond motifs is 3. The molecule has 532 valence electrons. The zero-order valence-corrected chi connectivity index (χ0v) is 59.1. The number of likely N-dealkylation sites (N-methyl/N-ethyl adjacent to an activating group) is 1. The van der Waals surface area contributed by atoms with Crippen LogP contribution in [0.5, 0.6) is 11.5 Å². The molecule has 2 saturated carbocycles. The van der Waals surface area contributed by atoms with Crippen LogP contribution in [0.1, 0.15) is 133 Å². The molecule has 31 heteroatoms. The molecule has 23 nitrogen and oxygen atoms in total. The third-order valence-electron chi connectivity index (χ3n) is 16.4. The zero-order chi connectivity index (χ0) is 70.9. The number of halogens is 7. The summed E-state index contributed by atoms with van der Waals surface area (Å²) in [7, 11) is 1.56. The molecule has 0 aliphatic heterocycles. The Bertz CT molecular complexity index is 4020. The molecule has 0 spiro atoms. The van der Waals surface area contributed by atoms with Gasteiger partial charge in [0.25, 0.3) is 11.1 Å². The summed E-state index contributed by atoms with van der Waals surface area (Å²) >= 11 is 0. The van der Waals surface area contributed by atoms with E-state index in [1.807, 2.05) is 67.7 Å². The van der Waals surface area contributed by atoms with Crippen molar-refractivity contribution in [3.8, 4) is 11.5 Å². The fourth-order valence-corrected chi connectivity index (χ4v) is 11.5. The first kappa shape index (κ1) is 80.6. The first-order valence-electron chi connectivity index (χ1n) is 31.2. The molecular formula is C65H93ClF6N14O9P-. The number of nitrogens with zero attached hydrogens (tertiary/aromatic N) is 11. The van der Waals surface area contributed by atoms with Crippen LogP contribution in [-0.2, 0) is 29.0 Å². The van der Waals surface area contributed by atoms with Gasteiger partial charge < -0.3 is 58.7 Å². The molecule has 10 rings (SSSR count). The number of aromatic amines is 2. The van der Waals surface area contributed by atoms with Crippen LogP contribution in [0.2, 0.25) is 0 Å². The second kappa shape index (κ2) is 34.4. The number of carboxylic acids is 1. The van der Waals surface area contributed by atoms with Gasteiger partial charge in [-0.1, -0.05) is 26.0 Å². The topological polar surface area (TPSA) is 281 Å². The fraction of sp³-hybridized carbons (Fsp3) is 0.508. The molecule has 5 N–H and O–H groups in total. The summed E-state index contributed by atoms with van der Waals surface area (Å²) in [4.78, 5) is 75.9. The third-order valence-corrected chi connectivity index (χ3v) is 16.4. The monoisotopic (exact) mass is 1390 g/mol. The molecule has 4 atom stereocenters. The van der Waals surface area contributed by atoms with Gasteiger partial charge in [-0.05, 0) is 154 Å². The average Bonchev–Trinajstić information content (AvgIpc) is 1.64. The van der Waals surface area contributed by atoms with Crippen molar-refractivity contribution in [1.82, 2.24) is 58.8 Å². The van der Waals surface area contributed by atoms with Crippen molar-refractivity contribution in [2.45, 2.75) is 138 Å². The normalized spacial score (nSPS) is 14.8. The molecule has 2 aliphatic rings. The summed E-state index contributed by atoms with van der Waals surface area (Å²) in [5.74, 6) is 2.21. The molecule has 8 heterocycles. The minimum absolute atomic E-state index is 0. The van der Waals surface area contributed by atoms with Gasteiger partial charge in [-0.2, -0.15) is 0 Å². The first-order chi connectivity index (χ1) is 44.6. The number of hydrogen-bond acceptors (Lipinski definition) is 16. The Morgan fingerprint density at radius 2 is 1.12 bits per heavy atom. The van der Waals surface area contributed by atoms with Gasteiger partial charge in [0.1, 0.15) is 40.7 Å². The van der Waals surface area contributed by atoms with Crippen molar-refractivity contribution in [3.05, 3.63) is 133 Å². The Labute approximate surface area is 560 Å². The number of hydrogen-bond donors (Lipinski definition) is 4. The SMILES string of the molecule is CCN(CC)CC.CN=C(Cn1nnc2cccnc21)N(C)C.COC(C1CC1)C(C)n1c(C)c(C(=O)O)c2cccnc21.COc1cc(C)[nH]c(=O)c1CCC(=O)c1c(C)n(C(C)C(OC)C2CC2)c2ncccc12.COc1cc(C)[nH]c(=O)c1CN.Cl.F[P-](F)(F)(F)(F)F. The zero-order valence-electron chi connectivity index (χ0n) is 57.4. The second-order valence-electron chi connectivity index (χ2n) is 23.3. The quantitative estimate of drug-likeness (QED) is 0.0171. The van der Waals surface area contributed by atoms with E-state index in [4.69, 9.17) is 24.7 Å². The van der Waals surface area contributed by atoms with Crippen molar-refractivity contribution in [1.29, 1.82) is 0 Å². The Hall–Kier alpha value is -7.82. The van der Waals surface area contributed by atoms with Gasteiger partial charge >= 0.3 is 39.0 Å². The molecule has 2 aliphatic carbocycles. The maximum absolute atomic E-state index is 13.4. The Morgan fingerprint density at radius 3 is 1.51 bits per heavy atom. The number of aryl methyl sites for hydroxylation is 2. The van der Waals surface area contributed by atoms with Crippen LogP contribution in [0.25, 0.3) is 33.2 Å². The molecule has 0 radical (unpaired) electrons. The number of carbonyl (C=O) groups excluding carboxylic acids is 1. The first-order valence-corrected chi connectivity index (χ1v) is 33.2. The number of ketones is 1. The van der Waals surface area contributed by atoms with Gasteiger partial charge in [-0.15, -0.1) is 17.5 Å². The number of aromatic carboxylic acids is 1. The number of carbonyl (C=O) groups is 2. The molecule has 2 fully saturated rings. The van der Waals surface area contributed by atoms with Gasteiger partial charge in [0, 0.05) is 106 Å². The van der Waals surface area contributed by atoms with Crippen LogP contribution in [-0.4, -0.2) is 163 Å². The predicted octanol–water partition coefficient (Wildman–Crippen LogP) is 12.9. The van der Waals surface area contributed by atoms with Crippen LogP contribution < -0.4 is 26.3 Å². The number of ether oxygens (including phenoxy) is 4. The van der Waals surface area contributed by atoms with Crippen molar-refractivity contribution in [2.24, 2.45) is 22.6 Å². The number of nitrogens with two attached hydrogens (primary N) is 1. The summed E-state index contributed by atoms with van der Waals surface area (Å²) < 4.78 is 87.0. The molecule has 0 bridgehead atoms. The van der Waals surface area contributed by atoms with Gasteiger partial charge in [0.2, 0.25) is 0 Å². The van der Waals surface area contributed by atoms with Crippen LogP contribution in [0.3, 0.4) is 0 Å². The van der Waals surface area contributed by atoms with Gasteiger partial charge in [-0.3, -0.25) is 19.4 Å². The molecule has 8 aromatic heterocycles. The summed E-state index contributed by atoms with van der Waals surface area (Å²) in [6, 6.07) is 14.8. The minimum atomic E-state index is -10.7. The molecular weight excluding hydrogens is 1300 g/mol. The van der Waals surface area contributed by atoms with E-state index in [2.05, 4.69) is 84.3 Å². The van der Waals surface area contributed by atoms with Crippen molar-refractivity contribution in [2.75, 3.05) is 69.2 Å². The third kappa shape index (κ3) is 22.4. The second-order valence-corrected chi connectivity index (χ2v) is 25.2. The number of nitrogens with one attached hydrogen (secondary N) is 2. The molecule has 4 unspecified atom stereocenters. The molecule has 0 aromatic carbocycles. The number of amidine groups is 1. The van der Waals surface area contributed by atoms with Crippen LogP contribution in [0.15, 0.2) is 81.7 Å². The number of H-pyrrole nitrogens is 2. The van der Waals surface area contributed by atoms with E-state index in [-0.39, 0.29) is 66.6 Å². The number of aliphatic imine (C=N–C) groups is 1. The number of rotatable bonds is 21. The predicted molar refractivity (Wildman–Crippen MR) is 366 cm³/mol. The van der Waals surface area contributed by atoms with E-state index in [0.29, 0.717) is 63.9 Å². The van der Waals surface area contributed by atoms with Crippen molar-refractivity contribution < 1.29 is 58.8 Å². The summed E-state index contributed by atoms with van der Waals surface area (Å²) in [6.45, 7) is 22.5. The Morgan fingerprint density at radius 1 is 0.708 bits per heavy atom. The number of methoxy groups -OCH3 is 4. The number of aromatic nitrogens is 10. The molecule has 96 heavy (non-hydrogen) atoms. The number of carboxylic acid groups (broad SMARTS) is 1. The standard InChI is InChI=1S/C25H31N3O4.C16H20N2O3.C10H14N6.C8H12N2O2.C6H15N.ClH.F6P/c1-14-13-21(31-4)18(25(30)27-14)10-11-20(29)22-15(2)28(24-19(22)7-6-12-26-24)16(3)23(32-5)17-8-9-17;1-9-13(16(19)20)12-5-4-8-17-15(12)18(9)10(2)14(21-3)11-6-7-11;1-11-9(15(2)3)7-16-10-8(13-14-16)5-4-6-12-10;1-5-3-7(12-2)6(4-9)8(11)10-5;1-4-7(5-2)6-3;;1-7(2,3,4,5)6/h6-7,12-13,16-17,23H,8-11H2,1-5H3,(H,27,30);4-5,8,10-11,14H,6-7H2,1-3H3,(H,19,20);4-6H,7H2,1-3H3;3H,4,9H2,1-2H3,(H,10,11);4-6H2,1-3H3;1H;/q;;;;;;-1. The van der Waals surface area contributed by atoms with Crippen LogP contribution in [0.4, 0.5) is 25.2 Å². The average molecular weight is 1390 g/mol. The van der Waals surface area contributed by atoms with Crippen LogP contribution in [0, 0.1) is 39.5 Å². The fourth-order valence-electron chi connectivity index (χ4n) is 11.5. The molecule has 0 amide bonds. The summed E-state index contributed by atoms with van der Waals surface area (Å²) in [5, 5.41) is 19.1. The van der Waals surface area contributed by atoms with E-state index in [1.165, 1.54) is 59.5 Å². The van der Waals surface area contributed by atoms with E-state index < -0.39 is 13.8 Å². The molecule has 8 aromatic rings. The van der Waals surface area contributed by atoms with Crippen LogP contribution >= 0.6 is 20.2 Å². The summed E-state index contributed by atoms with van der Waals surface area (Å²) in [5.41, 5.74) is 13.2. The molecule has 0 saturated heterocycles. The van der Waals surface area contributed by atoms with E-state index in [1.54, 1.807) is 76.6 Å². The number of Topliss-reactive ketones (excluding diaryl/α,β-unsaturated/α-hetero) is 1. The summed E-state index contributed by atoms with van der Waals surface area (Å²) in [6.07, 6.45) is 10.6. The maximum atomic E-state index is 13.4. The number of pyridine rings is 5. The van der Waals surface area contributed by atoms with E-state index in [9.17, 15) is 49.5 Å². The van der Waals surface area contributed by atoms with Crippen molar-refractivity contribution in [3.63, 3.8) is 0 Å².